The Morgan fingerprint density at radius 3 is 2.76 bits per heavy atom. The van der Waals surface area contributed by atoms with Gasteiger partial charge in [0.25, 0.3) is 10.0 Å². The molecule has 0 fully saturated rings. The number of nitrogens with one attached hydrogen (secondary N) is 1. The molecule has 0 aliphatic carbocycles. The summed E-state index contributed by atoms with van der Waals surface area (Å²) in [5.41, 5.74) is 0.323. The van der Waals surface area contributed by atoms with Gasteiger partial charge in [-0.25, -0.2) is 13.2 Å². The number of aryl methyl sites for hydroxylation is 1. The van der Waals surface area contributed by atoms with E-state index < -0.39 is 16.0 Å². The zero-order valence-electron chi connectivity index (χ0n) is 11.5. The molecule has 0 amide bonds. The van der Waals surface area contributed by atoms with Crippen molar-refractivity contribution in [3.63, 3.8) is 0 Å². The van der Waals surface area contributed by atoms with E-state index in [0.29, 0.717) is 6.54 Å². The Kier molecular flexibility index (Phi) is 4.22. The minimum absolute atomic E-state index is 0.0350. The van der Waals surface area contributed by atoms with Gasteiger partial charge in [-0.15, -0.1) is 0 Å². The highest BCUT2D eigenvalue weighted by Gasteiger charge is 2.17. The molecule has 2 rings (SSSR count). The van der Waals surface area contributed by atoms with Crippen LogP contribution >= 0.6 is 0 Å². The summed E-state index contributed by atoms with van der Waals surface area (Å²) in [4.78, 5) is 15.2. The number of rotatable bonds is 5. The van der Waals surface area contributed by atoms with Crippen molar-refractivity contribution in [3.05, 3.63) is 36.4 Å². The molecule has 0 spiro atoms. The lowest BCUT2D eigenvalue weighted by Crippen LogP contribution is -2.13. The van der Waals surface area contributed by atoms with Crippen LogP contribution in [-0.4, -0.2) is 36.3 Å². The molecule has 0 radical (unpaired) electrons. The van der Waals surface area contributed by atoms with Crippen LogP contribution in [0.2, 0.25) is 0 Å². The van der Waals surface area contributed by atoms with Gasteiger partial charge in [0.15, 0.2) is 0 Å². The minimum atomic E-state index is -3.78. The highest BCUT2D eigenvalue weighted by atomic mass is 32.2. The van der Waals surface area contributed by atoms with E-state index in [4.69, 9.17) is 0 Å². The Hall–Kier alpha value is -2.42. The van der Waals surface area contributed by atoms with Gasteiger partial charge in [0.05, 0.1) is 30.8 Å². The third-order valence-corrected chi connectivity index (χ3v) is 3.99. The van der Waals surface area contributed by atoms with Crippen molar-refractivity contribution < 1.29 is 17.9 Å². The Balaban J connectivity index is 2.26. The van der Waals surface area contributed by atoms with Crippen LogP contribution in [0.5, 0.6) is 0 Å². The van der Waals surface area contributed by atoms with Crippen molar-refractivity contribution in [1.29, 1.82) is 0 Å². The Morgan fingerprint density at radius 1 is 1.38 bits per heavy atom. The fourth-order valence-electron chi connectivity index (χ4n) is 1.60. The van der Waals surface area contributed by atoms with Crippen LogP contribution in [0, 0.1) is 0 Å². The molecule has 8 nitrogen and oxygen atoms in total. The average molecular weight is 310 g/mol. The molecule has 0 atom stereocenters. The highest BCUT2D eigenvalue weighted by molar-refractivity contribution is 7.92. The predicted octanol–water partition coefficient (Wildman–Crippen LogP) is 0.885. The molecule has 0 saturated heterocycles. The zero-order valence-corrected chi connectivity index (χ0v) is 12.3. The molecule has 0 bridgehead atoms. The molecule has 1 N–H and O–H groups in total. The first-order valence-corrected chi connectivity index (χ1v) is 7.53. The van der Waals surface area contributed by atoms with E-state index in [9.17, 15) is 13.2 Å². The number of aromatic nitrogens is 3. The molecule has 0 unspecified atom stereocenters. The van der Waals surface area contributed by atoms with Gasteiger partial charge in [-0.05, 0) is 13.0 Å². The Morgan fingerprint density at radius 2 is 2.14 bits per heavy atom. The number of sulfonamides is 1. The van der Waals surface area contributed by atoms with Gasteiger partial charge < -0.3 is 4.74 Å². The summed E-state index contributed by atoms with van der Waals surface area (Å²) in [7, 11) is -2.54. The van der Waals surface area contributed by atoms with Gasteiger partial charge in [0.1, 0.15) is 4.90 Å². The number of carbonyl (C=O) groups excluding carboxylic acids is 1. The van der Waals surface area contributed by atoms with Crippen LogP contribution in [0.15, 0.2) is 35.7 Å². The zero-order chi connectivity index (χ0) is 15.5. The largest absolute Gasteiger partial charge is 0.465 e. The van der Waals surface area contributed by atoms with Gasteiger partial charge in [0.2, 0.25) is 0 Å². The molecular formula is C12H14N4O4S. The van der Waals surface area contributed by atoms with Crippen molar-refractivity contribution in [3.8, 4) is 0 Å². The fraction of sp³-hybridized carbons (Fsp3) is 0.250. The number of hydrogen-bond acceptors (Lipinski definition) is 6. The number of ether oxygens (including phenoxy) is 1. The molecule has 0 aliphatic heterocycles. The number of methoxy groups -OCH3 is 1. The maximum atomic E-state index is 12.2. The summed E-state index contributed by atoms with van der Waals surface area (Å²) in [5.74, 6) is -0.595. The van der Waals surface area contributed by atoms with Crippen LogP contribution in [0.25, 0.3) is 0 Å². The topological polar surface area (TPSA) is 103 Å². The van der Waals surface area contributed by atoms with Gasteiger partial charge in [-0.2, -0.15) is 5.10 Å². The summed E-state index contributed by atoms with van der Waals surface area (Å²) in [6, 6.07) is 1.35. The third-order valence-electron chi connectivity index (χ3n) is 2.66. The molecule has 112 valence electrons. The van der Waals surface area contributed by atoms with E-state index in [2.05, 4.69) is 19.5 Å². The van der Waals surface area contributed by atoms with E-state index in [-0.39, 0.29) is 16.1 Å². The predicted molar refractivity (Wildman–Crippen MR) is 74.3 cm³/mol. The molecular weight excluding hydrogens is 296 g/mol. The van der Waals surface area contributed by atoms with Gasteiger partial charge in [-0.1, -0.05) is 0 Å². The lowest BCUT2D eigenvalue weighted by molar-refractivity contribution is 0.0600. The summed E-state index contributed by atoms with van der Waals surface area (Å²) in [6.45, 7) is 2.41. The molecule has 21 heavy (non-hydrogen) atoms. The van der Waals surface area contributed by atoms with E-state index in [1.165, 1.54) is 42.6 Å². The van der Waals surface area contributed by atoms with Crippen molar-refractivity contribution in [2.24, 2.45) is 0 Å². The van der Waals surface area contributed by atoms with Crippen LogP contribution in [0.4, 0.5) is 5.69 Å². The smallest absolute Gasteiger partial charge is 0.339 e. The number of anilines is 1. The second kappa shape index (κ2) is 5.92. The minimum Gasteiger partial charge on any atom is -0.465 e. The van der Waals surface area contributed by atoms with E-state index in [1.54, 1.807) is 0 Å². The number of carbonyl (C=O) groups is 1. The molecule has 9 heteroatoms. The molecule has 2 aromatic rings. The second-order valence-corrected chi connectivity index (χ2v) is 5.77. The first kappa shape index (κ1) is 15.0. The molecule has 2 aromatic heterocycles. The summed E-state index contributed by atoms with van der Waals surface area (Å²) in [5, 5.41) is 3.91. The summed E-state index contributed by atoms with van der Waals surface area (Å²) in [6.07, 6.45) is 5.26. The van der Waals surface area contributed by atoms with Crippen LogP contribution in [0.1, 0.15) is 17.3 Å². The van der Waals surface area contributed by atoms with Crippen molar-refractivity contribution >= 4 is 21.7 Å². The number of esters is 1. The Bertz CT molecular complexity index is 754. The average Bonchev–Trinajstić information content (AvgIpc) is 2.96. The van der Waals surface area contributed by atoms with E-state index >= 15 is 0 Å². The van der Waals surface area contributed by atoms with Gasteiger partial charge >= 0.3 is 5.97 Å². The SMILES string of the molecule is CCn1cc(S(=O)(=O)Nc2cncc(C(=O)OC)c2)cn1. The number of hydrogen-bond donors (Lipinski definition) is 1. The second-order valence-electron chi connectivity index (χ2n) is 4.09. The van der Waals surface area contributed by atoms with E-state index in [0.717, 1.165) is 0 Å². The lowest BCUT2D eigenvalue weighted by Gasteiger charge is -2.06. The maximum absolute atomic E-state index is 12.2. The number of pyridine rings is 1. The quantitative estimate of drug-likeness (QED) is 0.822. The molecule has 2 heterocycles. The van der Waals surface area contributed by atoms with E-state index in [1.807, 2.05) is 6.92 Å². The summed E-state index contributed by atoms with van der Waals surface area (Å²) >= 11 is 0. The standard InChI is InChI=1S/C12H14N4O4S/c1-3-16-8-11(7-14-16)21(18,19)15-10-4-9(5-13-6-10)12(17)20-2/h4-8,15H,3H2,1-2H3. The van der Waals surface area contributed by atoms with Gasteiger partial charge in [0, 0.05) is 18.9 Å². The van der Waals surface area contributed by atoms with Crippen molar-refractivity contribution in [2.75, 3.05) is 11.8 Å². The van der Waals surface area contributed by atoms with Crippen LogP contribution in [-0.2, 0) is 21.3 Å². The molecule has 0 saturated carbocycles. The van der Waals surface area contributed by atoms with Crippen LogP contribution in [0.3, 0.4) is 0 Å². The highest BCUT2D eigenvalue weighted by Crippen LogP contribution is 2.16. The van der Waals surface area contributed by atoms with Crippen LogP contribution < -0.4 is 4.72 Å². The number of nitrogens with zero attached hydrogens (tertiary/aromatic N) is 3. The molecule has 0 aliphatic rings. The lowest BCUT2D eigenvalue weighted by atomic mass is 10.3. The first-order valence-electron chi connectivity index (χ1n) is 6.05. The third kappa shape index (κ3) is 3.37. The normalized spacial score (nSPS) is 11.1. The summed E-state index contributed by atoms with van der Waals surface area (Å²) < 4.78 is 32.7. The maximum Gasteiger partial charge on any atom is 0.339 e. The van der Waals surface area contributed by atoms with Crippen molar-refractivity contribution in [2.45, 2.75) is 18.4 Å². The Labute approximate surface area is 121 Å². The van der Waals surface area contributed by atoms with Gasteiger partial charge in [-0.3, -0.25) is 14.4 Å². The fourth-order valence-corrected chi connectivity index (χ4v) is 2.58. The van der Waals surface area contributed by atoms with Crippen molar-refractivity contribution in [1.82, 2.24) is 14.8 Å². The molecule has 0 aromatic carbocycles. The first-order chi connectivity index (χ1) is 9.96. The monoisotopic (exact) mass is 310 g/mol.